The fourth-order valence-corrected chi connectivity index (χ4v) is 3.35. The van der Waals surface area contributed by atoms with E-state index in [9.17, 15) is 23.1 Å². The highest BCUT2D eigenvalue weighted by molar-refractivity contribution is 6.38. The van der Waals surface area contributed by atoms with Gasteiger partial charge in [0, 0.05) is 17.2 Å². The Morgan fingerprint density at radius 2 is 1.87 bits per heavy atom. The molecule has 1 amide bonds. The van der Waals surface area contributed by atoms with Crippen molar-refractivity contribution >= 4 is 34.5 Å². The van der Waals surface area contributed by atoms with E-state index in [2.05, 4.69) is 15.2 Å². The Morgan fingerprint density at radius 1 is 1.17 bits per heavy atom. The lowest BCUT2D eigenvalue weighted by Crippen LogP contribution is -2.16. The number of aliphatic hydroxyl groups is 1. The van der Waals surface area contributed by atoms with E-state index >= 15 is 0 Å². The van der Waals surface area contributed by atoms with Gasteiger partial charge in [-0.1, -0.05) is 28.9 Å². The normalized spacial score (nSPS) is 15.0. The predicted molar refractivity (Wildman–Crippen MR) is 103 cm³/mol. The quantitative estimate of drug-likeness (QED) is 0.413. The molecule has 30 heavy (non-hydrogen) atoms. The van der Waals surface area contributed by atoms with Crippen LogP contribution in [0.25, 0.3) is 22.5 Å². The first-order chi connectivity index (χ1) is 14.1. The van der Waals surface area contributed by atoms with Crippen LogP contribution in [0.1, 0.15) is 17.0 Å². The molecular weight excluding hydrogens is 425 g/mol. The van der Waals surface area contributed by atoms with Gasteiger partial charge in [-0.15, -0.1) is 13.2 Å². The third-order valence-corrected chi connectivity index (χ3v) is 4.66. The number of benzene rings is 2. The minimum atomic E-state index is -4.80. The zero-order valence-corrected chi connectivity index (χ0v) is 15.9. The lowest BCUT2D eigenvalue weighted by molar-refractivity contribution is -0.274. The Morgan fingerprint density at radius 3 is 2.47 bits per heavy atom. The van der Waals surface area contributed by atoms with Crippen molar-refractivity contribution in [3.05, 3.63) is 64.5 Å². The van der Waals surface area contributed by atoms with Gasteiger partial charge in [0.05, 0.1) is 22.0 Å². The van der Waals surface area contributed by atoms with Gasteiger partial charge in [-0.2, -0.15) is 0 Å². The number of carbonyl (C=O) groups is 1. The van der Waals surface area contributed by atoms with Crippen LogP contribution >= 0.6 is 11.6 Å². The molecule has 2 aromatic carbocycles. The predicted octanol–water partition coefficient (Wildman–Crippen LogP) is 5.58. The standard InChI is InChI=1S/C20H12ClF3N2O4/c1-9-6-16(30-26-9)18(27)17-13-7-12(14(21)8-15(13)25-19(17)28)10-2-4-11(5-3-10)29-20(22,23)24/h2-8,27H,1H3,(H,25,28)/b18-17+. The lowest BCUT2D eigenvalue weighted by Gasteiger charge is -2.11. The van der Waals surface area contributed by atoms with Crippen molar-refractivity contribution in [2.75, 3.05) is 5.32 Å². The maximum atomic E-state index is 12.4. The number of aromatic nitrogens is 1. The maximum Gasteiger partial charge on any atom is 0.573 e. The summed E-state index contributed by atoms with van der Waals surface area (Å²) in [6.45, 7) is 1.66. The van der Waals surface area contributed by atoms with Crippen molar-refractivity contribution < 1.29 is 32.3 Å². The van der Waals surface area contributed by atoms with Gasteiger partial charge in [0.15, 0.2) is 5.76 Å². The maximum absolute atomic E-state index is 12.4. The minimum absolute atomic E-state index is 0.0238. The molecule has 10 heteroatoms. The van der Waals surface area contributed by atoms with Crippen molar-refractivity contribution in [1.82, 2.24) is 5.16 Å². The number of rotatable bonds is 3. The van der Waals surface area contributed by atoms with Gasteiger partial charge in [0.25, 0.3) is 5.91 Å². The van der Waals surface area contributed by atoms with Gasteiger partial charge >= 0.3 is 6.36 Å². The van der Waals surface area contributed by atoms with Crippen molar-refractivity contribution in [3.63, 3.8) is 0 Å². The van der Waals surface area contributed by atoms with Crippen LogP contribution in [0.15, 0.2) is 47.0 Å². The molecule has 0 fully saturated rings. The summed E-state index contributed by atoms with van der Waals surface area (Å²) in [7, 11) is 0. The smallest absolute Gasteiger partial charge is 0.504 e. The summed E-state index contributed by atoms with van der Waals surface area (Å²) in [4.78, 5) is 12.4. The number of amides is 1. The summed E-state index contributed by atoms with van der Waals surface area (Å²) >= 11 is 6.31. The summed E-state index contributed by atoms with van der Waals surface area (Å²) in [5.41, 5.74) is 2.17. The summed E-state index contributed by atoms with van der Waals surface area (Å²) in [5, 5.41) is 17.1. The summed E-state index contributed by atoms with van der Waals surface area (Å²) in [6.07, 6.45) is -4.80. The second-order valence-electron chi connectivity index (χ2n) is 6.46. The Labute approximate surface area is 172 Å². The number of alkyl halides is 3. The summed E-state index contributed by atoms with van der Waals surface area (Å²) in [6, 6.07) is 9.65. The van der Waals surface area contributed by atoms with E-state index < -0.39 is 18.0 Å². The molecular formula is C20H12ClF3N2O4. The van der Waals surface area contributed by atoms with Crippen LogP contribution in [-0.4, -0.2) is 22.5 Å². The van der Waals surface area contributed by atoms with E-state index in [1.165, 1.54) is 24.3 Å². The van der Waals surface area contributed by atoms with Crippen molar-refractivity contribution in [3.8, 4) is 16.9 Å². The molecule has 4 rings (SSSR count). The van der Waals surface area contributed by atoms with Crippen LogP contribution < -0.4 is 10.1 Å². The summed E-state index contributed by atoms with van der Waals surface area (Å²) < 4.78 is 45.9. The highest BCUT2D eigenvalue weighted by Gasteiger charge is 2.32. The number of aryl methyl sites for hydroxylation is 1. The Balaban J connectivity index is 1.77. The SMILES string of the molecule is Cc1cc(/C(O)=C2\C(=O)Nc3cc(Cl)c(-c4ccc(OC(F)(F)F)cc4)cc32)on1. The van der Waals surface area contributed by atoms with Crippen LogP contribution in [0, 0.1) is 6.92 Å². The molecule has 0 unspecified atom stereocenters. The number of anilines is 1. The molecule has 2 heterocycles. The molecule has 3 aromatic rings. The molecule has 154 valence electrons. The number of hydrogen-bond donors (Lipinski definition) is 2. The van der Waals surface area contributed by atoms with Gasteiger partial charge < -0.3 is 19.7 Å². The van der Waals surface area contributed by atoms with Crippen LogP contribution in [0.5, 0.6) is 5.75 Å². The molecule has 0 aliphatic carbocycles. The van der Waals surface area contributed by atoms with Gasteiger partial charge in [-0.05, 0) is 36.8 Å². The van der Waals surface area contributed by atoms with Gasteiger partial charge in [-0.25, -0.2) is 0 Å². The number of carbonyl (C=O) groups excluding carboxylic acids is 1. The van der Waals surface area contributed by atoms with Crippen LogP contribution in [0.3, 0.4) is 0 Å². The van der Waals surface area contributed by atoms with E-state index in [-0.39, 0.29) is 22.1 Å². The number of ether oxygens (including phenoxy) is 1. The topological polar surface area (TPSA) is 84.6 Å². The van der Waals surface area contributed by atoms with E-state index in [4.69, 9.17) is 16.1 Å². The number of halogens is 4. The molecule has 6 nitrogen and oxygen atoms in total. The zero-order valence-electron chi connectivity index (χ0n) is 15.2. The Bertz CT molecular complexity index is 1180. The van der Waals surface area contributed by atoms with E-state index in [1.54, 1.807) is 13.0 Å². The van der Waals surface area contributed by atoms with Crippen LogP contribution in [0.4, 0.5) is 18.9 Å². The summed E-state index contributed by atoms with van der Waals surface area (Å²) in [5.74, 6) is -1.30. The van der Waals surface area contributed by atoms with Crippen molar-refractivity contribution in [2.45, 2.75) is 13.3 Å². The highest BCUT2D eigenvalue weighted by Crippen LogP contribution is 2.42. The molecule has 1 aliphatic heterocycles. The molecule has 1 aliphatic rings. The average molecular weight is 437 g/mol. The van der Waals surface area contributed by atoms with Crippen molar-refractivity contribution in [1.29, 1.82) is 0 Å². The van der Waals surface area contributed by atoms with E-state index in [0.717, 1.165) is 12.1 Å². The van der Waals surface area contributed by atoms with Crippen LogP contribution in [-0.2, 0) is 4.79 Å². The molecule has 0 atom stereocenters. The fraction of sp³-hybridized carbons (Fsp3) is 0.100. The lowest BCUT2D eigenvalue weighted by atomic mass is 9.98. The molecule has 2 N–H and O–H groups in total. The molecule has 0 saturated heterocycles. The monoisotopic (exact) mass is 436 g/mol. The third kappa shape index (κ3) is 3.71. The number of hydrogen-bond acceptors (Lipinski definition) is 5. The fourth-order valence-electron chi connectivity index (χ4n) is 3.08. The van der Waals surface area contributed by atoms with Crippen LogP contribution in [0.2, 0.25) is 5.02 Å². The van der Waals surface area contributed by atoms with Gasteiger partial charge in [0.1, 0.15) is 5.75 Å². The number of aliphatic hydroxyl groups excluding tert-OH is 1. The molecule has 0 saturated carbocycles. The van der Waals surface area contributed by atoms with E-state index in [0.29, 0.717) is 28.1 Å². The third-order valence-electron chi connectivity index (χ3n) is 4.35. The second kappa shape index (κ2) is 7.10. The first-order valence-electron chi connectivity index (χ1n) is 8.51. The van der Waals surface area contributed by atoms with Gasteiger partial charge in [-0.3, -0.25) is 4.79 Å². The minimum Gasteiger partial charge on any atom is -0.504 e. The number of nitrogens with one attached hydrogen (secondary N) is 1. The molecule has 0 bridgehead atoms. The first-order valence-corrected chi connectivity index (χ1v) is 8.88. The molecule has 0 spiro atoms. The first kappa shape index (κ1) is 19.8. The van der Waals surface area contributed by atoms with E-state index in [1.807, 2.05) is 0 Å². The Kier molecular flexibility index (Phi) is 4.70. The molecule has 0 radical (unpaired) electrons. The average Bonchev–Trinajstić information content (AvgIpc) is 3.22. The largest absolute Gasteiger partial charge is 0.573 e. The molecule has 1 aromatic heterocycles. The zero-order chi connectivity index (χ0) is 21.6. The Hall–Kier alpha value is -3.46. The number of fused-ring (bicyclic) bond motifs is 1. The number of nitrogens with zero attached hydrogens (tertiary/aromatic N) is 1. The highest BCUT2D eigenvalue weighted by atomic mass is 35.5. The van der Waals surface area contributed by atoms with Crippen molar-refractivity contribution in [2.24, 2.45) is 0 Å². The second-order valence-corrected chi connectivity index (χ2v) is 6.87. The van der Waals surface area contributed by atoms with Gasteiger partial charge in [0.2, 0.25) is 5.76 Å².